The zero-order valence-electron chi connectivity index (χ0n) is 17.8. The molecule has 2 aromatic rings. The summed E-state index contributed by atoms with van der Waals surface area (Å²) in [7, 11) is -7.17. The van der Waals surface area contributed by atoms with Crippen LogP contribution < -0.4 is 4.72 Å². The van der Waals surface area contributed by atoms with Crippen LogP contribution in [0.4, 0.5) is 0 Å². The number of rotatable bonds is 9. The Morgan fingerprint density at radius 3 is 2.38 bits per heavy atom. The topological polar surface area (TPSA) is 122 Å². The molecule has 32 heavy (non-hydrogen) atoms. The van der Waals surface area contributed by atoms with Gasteiger partial charge in [0.1, 0.15) is 5.84 Å². The number of hydrogen-bond donors (Lipinski definition) is 1. The van der Waals surface area contributed by atoms with Crippen LogP contribution in [0.25, 0.3) is 0 Å². The Morgan fingerprint density at radius 2 is 1.72 bits per heavy atom. The molecule has 1 N–H and O–H groups in total. The summed E-state index contributed by atoms with van der Waals surface area (Å²) >= 11 is 0. The maximum absolute atomic E-state index is 12.5. The number of esters is 1. The molecule has 0 saturated carbocycles. The first kappa shape index (κ1) is 23.9. The lowest BCUT2D eigenvalue weighted by atomic mass is 10.2. The summed E-state index contributed by atoms with van der Waals surface area (Å²) in [6.07, 6.45) is 0.396. The Balaban J connectivity index is 1.53. The Morgan fingerprint density at radius 1 is 1.06 bits per heavy atom. The molecule has 9 nitrogen and oxygen atoms in total. The normalized spacial score (nSPS) is 16.0. The van der Waals surface area contributed by atoms with Gasteiger partial charge in [-0.2, -0.15) is 4.31 Å². The zero-order valence-corrected chi connectivity index (χ0v) is 19.4. The molecule has 1 aliphatic heterocycles. The fourth-order valence-corrected chi connectivity index (χ4v) is 5.94. The van der Waals surface area contributed by atoms with Gasteiger partial charge in [-0.15, -0.1) is 0 Å². The summed E-state index contributed by atoms with van der Waals surface area (Å²) in [6, 6.07) is 12.2. The lowest BCUT2D eigenvalue weighted by molar-refractivity contribution is 0.0503. The van der Waals surface area contributed by atoms with Crippen LogP contribution in [0.1, 0.15) is 36.2 Å². The minimum atomic E-state index is -3.59. The average Bonchev–Trinajstić information content (AvgIpc) is 3.04. The molecular weight excluding hydrogens is 454 g/mol. The zero-order chi connectivity index (χ0) is 23.4. The molecule has 172 valence electrons. The number of nitrogens with zero attached hydrogens (tertiary/aromatic N) is 2. The number of sulfonamides is 2. The highest BCUT2D eigenvalue weighted by molar-refractivity contribution is 7.90. The highest BCUT2D eigenvalue weighted by Crippen LogP contribution is 2.22. The van der Waals surface area contributed by atoms with Crippen molar-refractivity contribution < 1.29 is 26.4 Å². The van der Waals surface area contributed by atoms with E-state index in [4.69, 9.17) is 4.74 Å². The molecule has 2 aromatic carbocycles. The molecule has 0 unspecified atom stereocenters. The summed E-state index contributed by atoms with van der Waals surface area (Å²) in [5, 5.41) is 0. The second-order valence-electron chi connectivity index (χ2n) is 6.94. The largest absolute Gasteiger partial charge is 0.462 e. The molecule has 0 aromatic heterocycles. The van der Waals surface area contributed by atoms with Gasteiger partial charge in [-0.25, -0.2) is 21.6 Å². The van der Waals surface area contributed by atoms with Crippen molar-refractivity contribution in [3.63, 3.8) is 0 Å². The molecular formula is C21H25N3O6S2. The van der Waals surface area contributed by atoms with Crippen LogP contribution in [0.3, 0.4) is 0 Å². The van der Waals surface area contributed by atoms with Gasteiger partial charge in [0.15, 0.2) is 0 Å². The van der Waals surface area contributed by atoms with Crippen molar-refractivity contribution in [2.45, 2.75) is 30.1 Å². The fourth-order valence-electron chi connectivity index (χ4n) is 3.23. The number of hydrogen-bond acceptors (Lipinski definition) is 7. The number of fused-ring (bicyclic) bond motifs is 1. The number of benzene rings is 2. The first-order valence-electron chi connectivity index (χ1n) is 10.1. The van der Waals surface area contributed by atoms with Crippen LogP contribution in [0.5, 0.6) is 0 Å². The maximum Gasteiger partial charge on any atom is 0.338 e. The van der Waals surface area contributed by atoms with Crippen LogP contribution in [0.15, 0.2) is 63.3 Å². The number of amidine groups is 1. The van der Waals surface area contributed by atoms with E-state index >= 15 is 0 Å². The van der Waals surface area contributed by atoms with E-state index in [1.165, 1.54) is 34.6 Å². The van der Waals surface area contributed by atoms with Gasteiger partial charge in [-0.3, -0.25) is 9.71 Å². The summed E-state index contributed by atoms with van der Waals surface area (Å²) in [5.41, 5.74) is 0.761. The van der Waals surface area contributed by atoms with E-state index in [9.17, 15) is 21.6 Å². The minimum Gasteiger partial charge on any atom is -0.462 e. The van der Waals surface area contributed by atoms with E-state index in [0.717, 1.165) is 0 Å². The lowest BCUT2D eigenvalue weighted by Crippen LogP contribution is -2.30. The number of aliphatic imine (C=N–C) groups is 1. The molecule has 0 saturated heterocycles. The molecule has 1 aliphatic rings. The smallest absolute Gasteiger partial charge is 0.338 e. The first-order chi connectivity index (χ1) is 15.2. The van der Waals surface area contributed by atoms with Crippen molar-refractivity contribution in [3.8, 4) is 0 Å². The van der Waals surface area contributed by atoms with E-state index in [-0.39, 0.29) is 34.3 Å². The second kappa shape index (κ2) is 9.80. The summed E-state index contributed by atoms with van der Waals surface area (Å²) in [5.74, 6) is -0.298. The van der Waals surface area contributed by atoms with Crippen LogP contribution in [0, 0.1) is 0 Å². The molecule has 11 heteroatoms. The lowest BCUT2D eigenvalue weighted by Gasteiger charge is -2.18. The van der Waals surface area contributed by atoms with Crippen molar-refractivity contribution in [3.05, 3.63) is 59.7 Å². The third kappa shape index (κ3) is 5.00. The highest BCUT2D eigenvalue weighted by Gasteiger charge is 2.29. The molecule has 0 fully saturated rings. The van der Waals surface area contributed by atoms with Crippen LogP contribution in [-0.2, 0) is 24.8 Å². The number of carbonyl (C=O) groups excluding carboxylic acids is 1. The monoisotopic (exact) mass is 479 g/mol. The summed E-state index contributed by atoms with van der Waals surface area (Å²) < 4.78 is 58.1. The van der Waals surface area contributed by atoms with E-state index in [2.05, 4.69) is 9.71 Å². The van der Waals surface area contributed by atoms with Crippen molar-refractivity contribution >= 4 is 31.9 Å². The van der Waals surface area contributed by atoms with E-state index in [0.29, 0.717) is 25.1 Å². The molecule has 3 rings (SSSR count). The van der Waals surface area contributed by atoms with Crippen LogP contribution in [-0.4, -0.2) is 59.2 Å². The molecule has 0 atom stereocenters. The van der Waals surface area contributed by atoms with Crippen molar-refractivity contribution in [1.29, 1.82) is 0 Å². The molecule has 0 spiro atoms. The van der Waals surface area contributed by atoms with Crippen molar-refractivity contribution in [2.75, 3.05) is 26.2 Å². The van der Waals surface area contributed by atoms with Gasteiger partial charge in [0.05, 0.1) is 22.0 Å². The van der Waals surface area contributed by atoms with Gasteiger partial charge in [0.25, 0.3) is 10.0 Å². The molecule has 0 amide bonds. The Hall–Kier alpha value is -2.76. The summed E-state index contributed by atoms with van der Waals surface area (Å²) in [6.45, 7) is 4.60. The quantitative estimate of drug-likeness (QED) is 0.434. The van der Waals surface area contributed by atoms with E-state index < -0.39 is 26.0 Å². The summed E-state index contributed by atoms with van der Waals surface area (Å²) in [4.78, 5) is 16.8. The Labute approximate surface area is 188 Å². The standard InChI is InChI=1S/C21H25N3O6S2/c1-3-24(4-2)32(28,29)17-12-10-16(11-13-17)21(25)30-15-7-14-22-20-18-8-5-6-9-19(18)31(26,27)23-20/h5-6,8-13H,3-4,7,14-15H2,1-2H3,(H,22,23). The first-order valence-corrected chi connectivity index (χ1v) is 13.1. The van der Waals surface area contributed by atoms with Crippen molar-refractivity contribution in [2.24, 2.45) is 4.99 Å². The van der Waals surface area contributed by atoms with Gasteiger partial charge < -0.3 is 4.74 Å². The second-order valence-corrected chi connectivity index (χ2v) is 10.5. The molecule has 0 aliphatic carbocycles. The van der Waals surface area contributed by atoms with E-state index in [1.54, 1.807) is 32.0 Å². The SMILES string of the molecule is CCN(CC)S(=O)(=O)c1ccc(C(=O)OCCCN=C2NS(=O)(=O)c3ccccc32)cc1. The highest BCUT2D eigenvalue weighted by atomic mass is 32.2. The third-order valence-corrected chi connectivity index (χ3v) is 8.36. The third-order valence-electron chi connectivity index (χ3n) is 4.90. The fraction of sp³-hybridized carbons (Fsp3) is 0.333. The minimum absolute atomic E-state index is 0.0868. The van der Waals surface area contributed by atoms with Crippen molar-refractivity contribution in [1.82, 2.24) is 9.03 Å². The predicted octanol–water partition coefficient (Wildman–Crippen LogP) is 2.00. The molecule has 1 heterocycles. The van der Waals surface area contributed by atoms with E-state index in [1.807, 2.05) is 0 Å². The Bertz CT molecular complexity index is 1220. The average molecular weight is 480 g/mol. The van der Waals surface area contributed by atoms with Gasteiger partial charge in [-0.05, 0) is 36.4 Å². The van der Waals surface area contributed by atoms with Gasteiger partial charge in [0, 0.05) is 31.6 Å². The number of nitrogens with one attached hydrogen (secondary N) is 1. The Kier molecular flexibility index (Phi) is 7.32. The van der Waals surface area contributed by atoms with Gasteiger partial charge in [0.2, 0.25) is 10.0 Å². The van der Waals surface area contributed by atoms with Gasteiger partial charge in [-0.1, -0.05) is 26.0 Å². The number of ether oxygens (including phenoxy) is 1. The molecule has 0 radical (unpaired) electrons. The van der Waals surface area contributed by atoms with Gasteiger partial charge >= 0.3 is 5.97 Å². The molecule has 0 bridgehead atoms. The number of carbonyl (C=O) groups is 1. The van der Waals surface area contributed by atoms with Crippen LogP contribution >= 0.6 is 0 Å². The maximum atomic E-state index is 12.5. The predicted molar refractivity (Wildman–Crippen MR) is 120 cm³/mol. The van der Waals surface area contributed by atoms with Crippen LogP contribution in [0.2, 0.25) is 0 Å².